The largest absolute Gasteiger partial charge is 0.478 e. The molecule has 0 unspecified atom stereocenters. The molecular formula is C12H7Cl2NO2S. The topological polar surface area (TPSA) is 50.2 Å². The first-order chi connectivity index (χ1) is 8.58. The van der Waals surface area contributed by atoms with Gasteiger partial charge in [-0.15, -0.1) is 0 Å². The van der Waals surface area contributed by atoms with Crippen molar-refractivity contribution in [1.82, 2.24) is 4.98 Å². The Morgan fingerprint density at radius 3 is 2.61 bits per heavy atom. The highest BCUT2D eigenvalue weighted by Crippen LogP contribution is 2.33. The molecule has 1 aromatic heterocycles. The molecule has 0 bridgehead atoms. The van der Waals surface area contributed by atoms with Crippen LogP contribution in [0, 0.1) is 0 Å². The number of halogens is 2. The number of hydrogen-bond donors (Lipinski definition) is 1. The average Bonchev–Trinajstić information content (AvgIpc) is 2.32. The second-order valence-corrected chi connectivity index (χ2v) is 5.24. The number of benzene rings is 1. The van der Waals surface area contributed by atoms with Gasteiger partial charge < -0.3 is 5.11 Å². The number of pyridine rings is 1. The summed E-state index contributed by atoms with van der Waals surface area (Å²) in [6.45, 7) is 0. The smallest absolute Gasteiger partial charge is 0.338 e. The molecule has 0 saturated carbocycles. The summed E-state index contributed by atoms with van der Waals surface area (Å²) < 4.78 is 0. The van der Waals surface area contributed by atoms with Crippen LogP contribution in [-0.4, -0.2) is 16.1 Å². The molecule has 0 spiro atoms. The molecule has 0 aliphatic heterocycles. The molecule has 0 radical (unpaired) electrons. The number of rotatable bonds is 3. The zero-order chi connectivity index (χ0) is 13.1. The van der Waals surface area contributed by atoms with Crippen molar-refractivity contribution in [3.8, 4) is 0 Å². The van der Waals surface area contributed by atoms with Gasteiger partial charge in [0, 0.05) is 11.1 Å². The number of hydrogen-bond acceptors (Lipinski definition) is 3. The summed E-state index contributed by atoms with van der Waals surface area (Å²) in [6, 6.07) is 8.36. The zero-order valence-corrected chi connectivity index (χ0v) is 11.3. The number of aromatic nitrogens is 1. The van der Waals surface area contributed by atoms with Gasteiger partial charge in [0.25, 0.3) is 0 Å². The lowest BCUT2D eigenvalue weighted by atomic mass is 10.2. The van der Waals surface area contributed by atoms with Crippen LogP contribution in [0.4, 0.5) is 0 Å². The van der Waals surface area contributed by atoms with Crippen molar-refractivity contribution in [2.45, 2.75) is 9.92 Å². The summed E-state index contributed by atoms with van der Waals surface area (Å²) in [5.41, 5.74) is 0.0842. The standard InChI is InChI=1S/C12H7Cl2NO2S/c13-7-4-5-10(15-6-7)18-9-3-1-2-8(14)11(9)12(16)17/h1-6H,(H,16,17). The van der Waals surface area contributed by atoms with Crippen molar-refractivity contribution in [2.75, 3.05) is 0 Å². The van der Waals surface area contributed by atoms with Gasteiger partial charge in [-0.3, -0.25) is 0 Å². The summed E-state index contributed by atoms with van der Waals surface area (Å²) in [4.78, 5) is 15.8. The number of carboxylic acid groups (broad SMARTS) is 1. The van der Waals surface area contributed by atoms with E-state index in [0.717, 1.165) is 0 Å². The summed E-state index contributed by atoms with van der Waals surface area (Å²) in [5, 5.41) is 10.5. The van der Waals surface area contributed by atoms with Gasteiger partial charge in [0.1, 0.15) is 5.03 Å². The first-order valence-electron chi connectivity index (χ1n) is 4.89. The molecular weight excluding hydrogens is 293 g/mol. The third-order valence-electron chi connectivity index (χ3n) is 2.10. The Balaban J connectivity index is 2.37. The van der Waals surface area contributed by atoms with Crippen LogP contribution in [0.3, 0.4) is 0 Å². The Hall–Kier alpha value is -1.23. The van der Waals surface area contributed by atoms with Crippen molar-refractivity contribution in [1.29, 1.82) is 0 Å². The highest BCUT2D eigenvalue weighted by molar-refractivity contribution is 7.99. The van der Waals surface area contributed by atoms with Crippen LogP contribution < -0.4 is 0 Å². The average molecular weight is 300 g/mol. The van der Waals surface area contributed by atoms with Gasteiger partial charge >= 0.3 is 5.97 Å². The molecule has 0 fully saturated rings. The Morgan fingerprint density at radius 2 is 2.00 bits per heavy atom. The van der Waals surface area contributed by atoms with E-state index in [0.29, 0.717) is 14.9 Å². The molecule has 18 heavy (non-hydrogen) atoms. The molecule has 6 heteroatoms. The first kappa shape index (κ1) is 13.2. The van der Waals surface area contributed by atoms with Gasteiger partial charge in [-0.1, -0.05) is 41.0 Å². The summed E-state index contributed by atoms with van der Waals surface area (Å²) >= 11 is 12.8. The minimum Gasteiger partial charge on any atom is -0.478 e. The van der Waals surface area contributed by atoms with Crippen molar-refractivity contribution >= 4 is 40.9 Å². The molecule has 0 amide bonds. The fraction of sp³-hybridized carbons (Fsp3) is 0. The Bertz CT molecular complexity index is 587. The first-order valence-corrected chi connectivity index (χ1v) is 6.46. The minimum absolute atomic E-state index is 0.0842. The van der Waals surface area contributed by atoms with Crippen molar-refractivity contribution < 1.29 is 9.90 Å². The van der Waals surface area contributed by atoms with E-state index in [2.05, 4.69) is 4.98 Å². The number of carbonyl (C=O) groups is 1. The van der Waals surface area contributed by atoms with Crippen molar-refractivity contribution in [3.05, 3.63) is 52.1 Å². The van der Waals surface area contributed by atoms with Crippen molar-refractivity contribution in [3.63, 3.8) is 0 Å². The van der Waals surface area contributed by atoms with Crippen LogP contribution in [0.5, 0.6) is 0 Å². The summed E-state index contributed by atoms with van der Waals surface area (Å²) in [5.74, 6) is -1.06. The van der Waals surface area contributed by atoms with E-state index in [4.69, 9.17) is 28.3 Å². The minimum atomic E-state index is -1.06. The molecule has 2 rings (SSSR count). The van der Waals surface area contributed by atoms with E-state index in [1.54, 1.807) is 30.3 Å². The number of aromatic carboxylic acids is 1. The lowest BCUT2D eigenvalue weighted by Crippen LogP contribution is -2.00. The van der Waals surface area contributed by atoms with E-state index in [1.165, 1.54) is 18.0 Å². The predicted molar refractivity (Wildman–Crippen MR) is 71.8 cm³/mol. The van der Waals surface area contributed by atoms with Gasteiger partial charge in [0.2, 0.25) is 0 Å². The third kappa shape index (κ3) is 2.96. The van der Waals surface area contributed by atoms with E-state index in [1.807, 2.05) is 0 Å². The third-order valence-corrected chi connectivity index (χ3v) is 3.65. The molecule has 1 heterocycles. The van der Waals surface area contributed by atoms with E-state index >= 15 is 0 Å². The maximum absolute atomic E-state index is 11.1. The van der Waals surface area contributed by atoms with Gasteiger partial charge in [0.15, 0.2) is 0 Å². The second-order valence-electron chi connectivity index (χ2n) is 3.33. The number of nitrogens with zero attached hydrogens (tertiary/aromatic N) is 1. The Labute approximate surface area is 118 Å². The van der Waals surface area contributed by atoms with E-state index in [9.17, 15) is 4.79 Å². The lowest BCUT2D eigenvalue weighted by Gasteiger charge is -2.06. The van der Waals surface area contributed by atoms with Crippen LogP contribution in [-0.2, 0) is 0 Å². The monoisotopic (exact) mass is 299 g/mol. The molecule has 0 saturated heterocycles. The molecule has 92 valence electrons. The van der Waals surface area contributed by atoms with Crippen LogP contribution in [0.2, 0.25) is 10.0 Å². The van der Waals surface area contributed by atoms with Gasteiger partial charge in [-0.25, -0.2) is 9.78 Å². The van der Waals surface area contributed by atoms with Gasteiger partial charge in [-0.2, -0.15) is 0 Å². The SMILES string of the molecule is O=C(O)c1c(Cl)cccc1Sc1ccc(Cl)cn1. The van der Waals surface area contributed by atoms with Gasteiger partial charge in [0.05, 0.1) is 15.6 Å². The highest BCUT2D eigenvalue weighted by atomic mass is 35.5. The maximum Gasteiger partial charge on any atom is 0.338 e. The Kier molecular flexibility index (Phi) is 4.11. The molecule has 1 aromatic carbocycles. The molecule has 0 aliphatic carbocycles. The molecule has 0 atom stereocenters. The van der Waals surface area contributed by atoms with Crippen molar-refractivity contribution in [2.24, 2.45) is 0 Å². The van der Waals surface area contributed by atoms with Crippen LogP contribution in [0.1, 0.15) is 10.4 Å². The van der Waals surface area contributed by atoms with E-state index in [-0.39, 0.29) is 10.6 Å². The summed E-state index contributed by atoms with van der Waals surface area (Å²) in [6.07, 6.45) is 1.51. The maximum atomic E-state index is 11.1. The van der Waals surface area contributed by atoms with E-state index < -0.39 is 5.97 Å². The van der Waals surface area contributed by atoms with Gasteiger partial charge in [-0.05, 0) is 24.3 Å². The molecule has 0 aliphatic rings. The highest BCUT2D eigenvalue weighted by Gasteiger charge is 2.15. The normalized spacial score (nSPS) is 10.3. The fourth-order valence-corrected chi connectivity index (χ4v) is 2.67. The fourth-order valence-electron chi connectivity index (χ4n) is 1.33. The zero-order valence-electron chi connectivity index (χ0n) is 8.93. The second kappa shape index (κ2) is 5.61. The van der Waals surface area contributed by atoms with Crippen LogP contribution in [0.15, 0.2) is 46.5 Å². The lowest BCUT2D eigenvalue weighted by molar-refractivity contribution is 0.0693. The molecule has 3 nitrogen and oxygen atoms in total. The predicted octanol–water partition coefficient (Wildman–Crippen LogP) is 4.24. The molecule has 2 aromatic rings. The quantitative estimate of drug-likeness (QED) is 0.921. The van der Waals surface area contributed by atoms with Crippen LogP contribution >= 0.6 is 35.0 Å². The van der Waals surface area contributed by atoms with Crippen LogP contribution in [0.25, 0.3) is 0 Å². The molecule has 1 N–H and O–H groups in total. The summed E-state index contributed by atoms with van der Waals surface area (Å²) in [7, 11) is 0. The number of carboxylic acids is 1. The Morgan fingerprint density at radius 1 is 1.22 bits per heavy atom.